The third-order valence-corrected chi connectivity index (χ3v) is 3.84. The molecule has 2 rings (SSSR count). The number of aromatic amines is 1. The minimum Gasteiger partial charge on any atom is -0.457 e. The Morgan fingerprint density at radius 2 is 2.25 bits per heavy atom. The standard InChI is InChI=1S/C11H16N5O7P/c1-2-22-11(18)24(19,20)23-4-3-21-6-16-5-13-7-8(16)14-10(12)15-9(7)17/h5H,2-4,6H2,1H3,(H,19,20)(H3,12,14,15,17). The van der Waals surface area contributed by atoms with Crippen molar-refractivity contribution in [1.29, 1.82) is 0 Å². The third-order valence-electron chi connectivity index (χ3n) is 2.72. The lowest BCUT2D eigenvalue weighted by molar-refractivity contribution is 0.0524. The van der Waals surface area contributed by atoms with Gasteiger partial charge in [-0.05, 0) is 6.92 Å². The van der Waals surface area contributed by atoms with E-state index in [2.05, 4.69) is 24.2 Å². The molecular weight excluding hydrogens is 345 g/mol. The molecule has 12 nitrogen and oxygen atoms in total. The monoisotopic (exact) mass is 361 g/mol. The Morgan fingerprint density at radius 1 is 1.50 bits per heavy atom. The molecule has 13 heteroatoms. The van der Waals surface area contributed by atoms with Gasteiger partial charge in [0.2, 0.25) is 5.95 Å². The van der Waals surface area contributed by atoms with E-state index >= 15 is 0 Å². The van der Waals surface area contributed by atoms with Gasteiger partial charge in [0.15, 0.2) is 11.2 Å². The molecule has 0 aromatic carbocycles. The van der Waals surface area contributed by atoms with Gasteiger partial charge in [-0.15, -0.1) is 0 Å². The lowest BCUT2D eigenvalue weighted by atomic mass is 10.5. The van der Waals surface area contributed by atoms with Crippen LogP contribution in [0.1, 0.15) is 6.92 Å². The van der Waals surface area contributed by atoms with E-state index in [0.717, 1.165) is 0 Å². The molecule has 0 spiro atoms. The molecule has 1 unspecified atom stereocenters. The maximum atomic E-state index is 11.6. The zero-order valence-corrected chi connectivity index (χ0v) is 13.6. The number of nitrogens with two attached hydrogens (primary N) is 1. The number of anilines is 1. The summed E-state index contributed by atoms with van der Waals surface area (Å²) in [4.78, 5) is 42.2. The second-order valence-electron chi connectivity index (χ2n) is 4.43. The van der Waals surface area contributed by atoms with Gasteiger partial charge in [0.25, 0.3) is 5.56 Å². The van der Waals surface area contributed by atoms with Gasteiger partial charge < -0.3 is 20.1 Å². The Hall–Kier alpha value is -2.27. The van der Waals surface area contributed by atoms with Crippen LogP contribution < -0.4 is 11.3 Å². The van der Waals surface area contributed by atoms with Gasteiger partial charge in [-0.25, -0.2) is 14.3 Å². The Kier molecular flexibility index (Phi) is 5.67. The smallest absolute Gasteiger partial charge is 0.435 e. The van der Waals surface area contributed by atoms with Crippen LogP contribution in [0.3, 0.4) is 0 Å². The predicted molar refractivity (Wildman–Crippen MR) is 81.3 cm³/mol. The number of nitrogen functional groups attached to an aromatic ring is 1. The van der Waals surface area contributed by atoms with Crippen LogP contribution in [0.5, 0.6) is 0 Å². The molecule has 2 aromatic heterocycles. The molecule has 0 radical (unpaired) electrons. The van der Waals surface area contributed by atoms with Crippen LogP contribution in [0.2, 0.25) is 0 Å². The molecule has 0 saturated carbocycles. The van der Waals surface area contributed by atoms with Gasteiger partial charge in [0, 0.05) is 0 Å². The molecule has 0 aliphatic carbocycles. The highest BCUT2D eigenvalue weighted by molar-refractivity contribution is 7.70. The summed E-state index contributed by atoms with van der Waals surface area (Å²) < 4.78 is 27.1. The van der Waals surface area contributed by atoms with Crippen molar-refractivity contribution in [3.63, 3.8) is 0 Å². The second kappa shape index (κ2) is 7.53. The van der Waals surface area contributed by atoms with Crippen LogP contribution in [0.15, 0.2) is 11.1 Å². The molecule has 1 atom stereocenters. The Labute approximate surface area is 135 Å². The Bertz CT molecular complexity index is 832. The van der Waals surface area contributed by atoms with Crippen LogP contribution in [0.4, 0.5) is 10.7 Å². The number of H-pyrrole nitrogens is 1. The zero-order valence-electron chi connectivity index (χ0n) is 12.7. The number of imidazole rings is 1. The Morgan fingerprint density at radius 3 is 2.96 bits per heavy atom. The molecule has 4 N–H and O–H groups in total. The number of carbonyl (C=O) groups is 1. The van der Waals surface area contributed by atoms with E-state index in [1.165, 1.54) is 17.8 Å². The number of ether oxygens (including phenoxy) is 2. The van der Waals surface area contributed by atoms with Gasteiger partial charge in [-0.1, -0.05) is 0 Å². The molecule has 2 aromatic rings. The third kappa shape index (κ3) is 4.17. The number of rotatable bonds is 8. The van der Waals surface area contributed by atoms with E-state index in [1.807, 2.05) is 0 Å². The molecule has 0 amide bonds. The number of carbonyl (C=O) groups excluding carboxylic acids is 1. The number of hydrogen-bond acceptors (Lipinski definition) is 9. The molecule has 0 fully saturated rings. The number of aromatic nitrogens is 4. The molecule has 0 bridgehead atoms. The van der Waals surface area contributed by atoms with Crippen molar-refractivity contribution >= 4 is 30.4 Å². The molecule has 0 saturated heterocycles. The summed E-state index contributed by atoms with van der Waals surface area (Å²) in [6.45, 7) is 1.01. The summed E-state index contributed by atoms with van der Waals surface area (Å²) in [6.07, 6.45) is 1.34. The topological polar surface area (TPSA) is 172 Å². The van der Waals surface area contributed by atoms with E-state index in [1.54, 1.807) is 0 Å². The van der Waals surface area contributed by atoms with Crippen LogP contribution in [-0.4, -0.2) is 49.9 Å². The van der Waals surface area contributed by atoms with Crippen molar-refractivity contribution in [3.8, 4) is 0 Å². The molecular formula is C11H16N5O7P. The first-order chi connectivity index (χ1) is 11.3. The first-order valence-corrected chi connectivity index (χ1v) is 8.36. The average molecular weight is 361 g/mol. The summed E-state index contributed by atoms with van der Waals surface area (Å²) in [6, 6.07) is 0. The fourth-order valence-electron chi connectivity index (χ4n) is 1.71. The quantitative estimate of drug-likeness (QED) is 0.430. The second-order valence-corrected chi connectivity index (χ2v) is 6.09. The minimum atomic E-state index is -4.49. The highest BCUT2D eigenvalue weighted by Gasteiger charge is 2.32. The summed E-state index contributed by atoms with van der Waals surface area (Å²) in [5.41, 5.74) is 4.00. The maximum Gasteiger partial charge on any atom is 0.435 e. The summed E-state index contributed by atoms with van der Waals surface area (Å²) in [5.74, 6) is -0.0618. The van der Waals surface area contributed by atoms with Gasteiger partial charge in [0.1, 0.15) is 6.73 Å². The fraction of sp³-hybridized carbons (Fsp3) is 0.455. The van der Waals surface area contributed by atoms with E-state index in [4.69, 9.17) is 10.5 Å². The Balaban J connectivity index is 1.86. The van der Waals surface area contributed by atoms with Crippen LogP contribution in [0.25, 0.3) is 11.2 Å². The van der Waals surface area contributed by atoms with Crippen LogP contribution in [0, 0.1) is 0 Å². The van der Waals surface area contributed by atoms with Gasteiger partial charge >= 0.3 is 13.3 Å². The van der Waals surface area contributed by atoms with E-state index < -0.39 is 18.9 Å². The summed E-state index contributed by atoms with van der Waals surface area (Å²) in [5, 5.41) is 0. The zero-order chi connectivity index (χ0) is 17.7. The minimum absolute atomic E-state index is 0.0355. The highest BCUT2D eigenvalue weighted by atomic mass is 31.2. The number of nitrogens with one attached hydrogen (secondary N) is 1. The van der Waals surface area contributed by atoms with Crippen molar-refractivity contribution in [2.45, 2.75) is 13.7 Å². The number of fused-ring (bicyclic) bond motifs is 1. The van der Waals surface area contributed by atoms with Gasteiger partial charge in [-0.2, -0.15) is 4.98 Å². The molecule has 24 heavy (non-hydrogen) atoms. The first kappa shape index (κ1) is 18.1. The lowest BCUT2D eigenvalue weighted by Crippen LogP contribution is -2.13. The highest BCUT2D eigenvalue weighted by Crippen LogP contribution is 2.43. The summed E-state index contributed by atoms with van der Waals surface area (Å²) >= 11 is 0. The van der Waals surface area contributed by atoms with Gasteiger partial charge in [-0.3, -0.25) is 18.9 Å². The maximum absolute atomic E-state index is 11.6. The molecule has 132 valence electrons. The van der Waals surface area contributed by atoms with Crippen molar-refractivity contribution in [3.05, 3.63) is 16.7 Å². The normalized spacial score (nSPS) is 13.8. The van der Waals surface area contributed by atoms with Crippen molar-refractivity contribution in [1.82, 2.24) is 19.5 Å². The predicted octanol–water partition coefficient (Wildman–Crippen LogP) is 0.0344. The van der Waals surface area contributed by atoms with Crippen LogP contribution in [-0.2, 0) is 25.3 Å². The van der Waals surface area contributed by atoms with Crippen molar-refractivity contribution in [2.75, 3.05) is 25.6 Å². The van der Waals surface area contributed by atoms with Gasteiger partial charge in [0.05, 0.1) is 26.1 Å². The van der Waals surface area contributed by atoms with Crippen molar-refractivity contribution in [2.24, 2.45) is 0 Å². The SMILES string of the molecule is CCOC(=O)P(=O)(O)OCCOCn1cnc2c(=O)[nH]c(N)nc21. The first-order valence-electron chi connectivity index (χ1n) is 6.78. The largest absolute Gasteiger partial charge is 0.457 e. The van der Waals surface area contributed by atoms with E-state index in [0.29, 0.717) is 0 Å². The molecule has 0 aliphatic rings. The molecule has 0 aliphatic heterocycles. The number of nitrogens with zero attached hydrogens (tertiary/aromatic N) is 3. The van der Waals surface area contributed by atoms with Crippen LogP contribution >= 0.6 is 7.60 Å². The number of hydrogen-bond donors (Lipinski definition) is 3. The summed E-state index contributed by atoms with van der Waals surface area (Å²) in [7, 11) is -4.49. The van der Waals surface area contributed by atoms with E-state index in [9.17, 15) is 19.0 Å². The fourth-order valence-corrected chi connectivity index (χ4v) is 2.43. The van der Waals surface area contributed by atoms with Crippen molar-refractivity contribution < 1.29 is 28.3 Å². The van der Waals surface area contributed by atoms with E-state index in [-0.39, 0.29) is 43.7 Å². The molecule has 2 heterocycles. The lowest BCUT2D eigenvalue weighted by Gasteiger charge is -2.11. The average Bonchev–Trinajstić information content (AvgIpc) is 2.90.